The fourth-order valence-electron chi connectivity index (χ4n) is 2.22. The van der Waals surface area contributed by atoms with Gasteiger partial charge in [0, 0.05) is 5.56 Å². The van der Waals surface area contributed by atoms with E-state index in [0.717, 1.165) is 11.3 Å². The quantitative estimate of drug-likeness (QED) is 0.784. The van der Waals surface area contributed by atoms with Crippen molar-refractivity contribution in [3.8, 4) is 11.3 Å². The second-order valence-electron chi connectivity index (χ2n) is 5.09. The molecule has 1 heterocycles. The molecule has 116 valence electrons. The van der Waals surface area contributed by atoms with Gasteiger partial charge in [0.15, 0.2) is 0 Å². The number of hydrogen-bond acceptors (Lipinski definition) is 3. The first-order valence-corrected chi connectivity index (χ1v) is 7.28. The number of halogens is 1. The van der Waals surface area contributed by atoms with Crippen LogP contribution in [0.15, 0.2) is 78.8 Å². The van der Waals surface area contributed by atoms with Crippen molar-refractivity contribution in [1.29, 1.82) is 0 Å². The average Bonchev–Trinajstić information content (AvgIpc) is 3.09. The van der Waals surface area contributed by atoms with E-state index < -0.39 is 11.9 Å². The molecule has 3 rings (SSSR count). The summed E-state index contributed by atoms with van der Waals surface area (Å²) in [7, 11) is 0. The van der Waals surface area contributed by atoms with Crippen molar-refractivity contribution in [1.82, 2.24) is 15.0 Å². The number of aliphatic hydroxyl groups is 1. The molecule has 1 N–H and O–H groups in total. The van der Waals surface area contributed by atoms with Gasteiger partial charge in [0.1, 0.15) is 17.6 Å². The molecule has 3 aromatic rings. The largest absolute Gasteiger partial charge is 0.381 e. The fourth-order valence-corrected chi connectivity index (χ4v) is 2.22. The molecule has 2 aromatic carbocycles. The Labute approximate surface area is 133 Å². The summed E-state index contributed by atoms with van der Waals surface area (Å²) in [5.41, 5.74) is 2.19. The molecule has 0 saturated carbocycles. The van der Waals surface area contributed by atoms with Crippen molar-refractivity contribution in [3.63, 3.8) is 0 Å². The third-order valence-corrected chi connectivity index (χ3v) is 3.46. The topological polar surface area (TPSA) is 50.9 Å². The number of allylic oxidation sites excluding steroid dienone is 1. The third kappa shape index (κ3) is 3.70. The molecule has 0 aliphatic heterocycles. The molecular weight excluding hydrogens is 293 g/mol. The van der Waals surface area contributed by atoms with E-state index in [9.17, 15) is 9.50 Å². The first kappa shape index (κ1) is 15.1. The highest BCUT2D eigenvalue weighted by Gasteiger charge is 2.12. The lowest BCUT2D eigenvalue weighted by atomic mass is 10.1. The number of nitrogens with zero attached hydrogens (tertiary/aromatic N) is 3. The normalized spacial score (nSPS) is 13.0. The van der Waals surface area contributed by atoms with Gasteiger partial charge in [-0.1, -0.05) is 65.9 Å². The maximum atomic E-state index is 14.0. The molecule has 0 amide bonds. The number of hydrogen-bond donors (Lipinski definition) is 1. The van der Waals surface area contributed by atoms with Crippen LogP contribution in [0.2, 0.25) is 0 Å². The zero-order valence-electron chi connectivity index (χ0n) is 12.4. The van der Waals surface area contributed by atoms with Crippen molar-refractivity contribution in [2.75, 3.05) is 0 Å². The van der Waals surface area contributed by atoms with Gasteiger partial charge in [0.25, 0.3) is 0 Å². The summed E-state index contributed by atoms with van der Waals surface area (Å²) in [6, 6.07) is 18.3. The molecule has 0 aliphatic rings. The molecular formula is C18H16FN3O. The van der Waals surface area contributed by atoms with Crippen LogP contribution in [0, 0.1) is 0 Å². The van der Waals surface area contributed by atoms with Gasteiger partial charge >= 0.3 is 0 Å². The fraction of sp³-hybridized carbons (Fsp3) is 0.111. The van der Waals surface area contributed by atoms with E-state index in [1.165, 1.54) is 10.8 Å². The smallest absolute Gasteiger partial charge is 0.131 e. The molecule has 0 spiro atoms. The second kappa shape index (κ2) is 6.98. The molecule has 1 aromatic heterocycles. The Morgan fingerprint density at radius 1 is 1.09 bits per heavy atom. The van der Waals surface area contributed by atoms with Crippen LogP contribution in [0.3, 0.4) is 0 Å². The molecule has 0 aliphatic carbocycles. The van der Waals surface area contributed by atoms with Gasteiger partial charge in [-0.25, -0.2) is 9.07 Å². The average molecular weight is 309 g/mol. The zero-order valence-corrected chi connectivity index (χ0v) is 12.4. The van der Waals surface area contributed by atoms with E-state index >= 15 is 0 Å². The molecule has 4 nitrogen and oxygen atoms in total. The van der Waals surface area contributed by atoms with Gasteiger partial charge in [0.2, 0.25) is 0 Å². The first-order chi connectivity index (χ1) is 11.2. The summed E-state index contributed by atoms with van der Waals surface area (Å²) in [4.78, 5) is 0. The summed E-state index contributed by atoms with van der Waals surface area (Å²) >= 11 is 0. The Morgan fingerprint density at radius 3 is 2.43 bits per heavy atom. The Balaban J connectivity index is 1.69. The minimum absolute atomic E-state index is 0.204. The highest BCUT2D eigenvalue weighted by atomic mass is 19.1. The van der Waals surface area contributed by atoms with Gasteiger partial charge in [-0.05, 0) is 11.6 Å². The van der Waals surface area contributed by atoms with Crippen LogP contribution in [0.1, 0.15) is 11.7 Å². The van der Waals surface area contributed by atoms with Crippen LogP contribution < -0.4 is 0 Å². The van der Waals surface area contributed by atoms with Gasteiger partial charge < -0.3 is 5.11 Å². The summed E-state index contributed by atoms with van der Waals surface area (Å²) in [5.74, 6) is -0.604. The summed E-state index contributed by atoms with van der Waals surface area (Å²) in [5, 5.41) is 18.0. The Bertz CT molecular complexity index is 784. The highest BCUT2D eigenvalue weighted by Crippen LogP contribution is 2.22. The van der Waals surface area contributed by atoms with E-state index in [2.05, 4.69) is 10.3 Å². The number of benzene rings is 2. The van der Waals surface area contributed by atoms with E-state index in [1.807, 2.05) is 36.4 Å². The van der Waals surface area contributed by atoms with Crippen LogP contribution in [-0.4, -0.2) is 20.1 Å². The van der Waals surface area contributed by atoms with Gasteiger partial charge in [-0.2, -0.15) is 0 Å². The van der Waals surface area contributed by atoms with E-state index in [4.69, 9.17) is 0 Å². The minimum atomic E-state index is -1.26. The molecule has 0 radical (unpaired) electrons. The lowest BCUT2D eigenvalue weighted by Crippen LogP contribution is -2.01. The Morgan fingerprint density at radius 2 is 1.74 bits per heavy atom. The molecule has 23 heavy (non-hydrogen) atoms. The molecule has 0 bridgehead atoms. The van der Waals surface area contributed by atoms with Crippen LogP contribution in [0.25, 0.3) is 11.3 Å². The van der Waals surface area contributed by atoms with Crippen LogP contribution in [-0.2, 0) is 6.54 Å². The molecule has 1 unspecified atom stereocenters. The first-order valence-electron chi connectivity index (χ1n) is 7.28. The maximum Gasteiger partial charge on any atom is 0.131 e. The van der Waals surface area contributed by atoms with Crippen molar-refractivity contribution in [3.05, 3.63) is 84.3 Å². The number of aliphatic hydroxyl groups excluding tert-OH is 1. The SMILES string of the molecule is OC(/C(F)=C/Cn1cc(-c2ccccc2)nn1)c1ccccc1. The lowest BCUT2D eigenvalue weighted by Gasteiger charge is -2.08. The summed E-state index contributed by atoms with van der Waals surface area (Å²) < 4.78 is 15.6. The van der Waals surface area contributed by atoms with E-state index in [1.54, 1.807) is 30.5 Å². The lowest BCUT2D eigenvalue weighted by molar-refractivity contribution is 0.185. The van der Waals surface area contributed by atoms with Crippen molar-refractivity contribution in [2.24, 2.45) is 0 Å². The second-order valence-corrected chi connectivity index (χ2v) is 5.09. The zero-order chi connectivity index (χ0) is 16.1. The number of rotatable bonds is 5. The van der Waals surface area contributed by atoms with Gasteiger partial charge in [-0.15, -0.1) is 5.10 Å². The summed E-state index contributed by atoms with van der Waals surface area (Å²) in [6.45, 7) is 0.204. The highest BCUT2D eigenvalue weighted by molar-refractivity contribution is 5.57. The molecule has 0 saturated heterocycles. The maximum absolute atomic E-state index is 14.0. The Kier molecular flexibility index (Phi) is 4.59. The van der Waals surface area contributed by atoms with E-state index in [0.29, 0.717) is 5.56 Å². The van der Waals surface area contributed by atoms with Crippen molar-refractivity contribution in [2.45, 2.75) is 12.6 Å². The van der Waals surface area contributed by atoms with Gasteiger partial charge in [0.05, 0.1) is 12.7 Å². The van der Waals surface area contributed by atoms with Crippen LogP contribution >= 0.6 is 0 Å². The predicted octanol–water partition coefficient (Wildman–Crippen LogP) is 3.53. The monoisotopic (exact) mass is 309 g/mol. The minimum Gasteiger partial charge on any atom is -0.381 e. The molecule has 0 fully saturated rings. The standard InChI is InChI=1S/C18H16FN3O/c19-16(18(23)15-9-5-2-6-10-15)11-12-22-13-17(20-21-22)14-7-3-1-4-8-14/h1-11,13,18,23H,12H2/b16-11-. The third-order valence-electron chi connectivity index (χ3n) is 3.46. The van der Waals surface area contributed by atoms with Crippen LogP contribution in [0.4, 0.5) is 4.39 Å². The predicted molar refractivity (Wildman–Crippen MR) is 86.1 cm³/mol. The van der Waals surface area contributed by atoms with Crippen molar-refractivity contribution >= 4 is 0 Å². The number of aromatic nitrogens is 3. The van der Waals surface area contributed by atoms with Crippen molar-refractivity contribution < 1.29 is 9.50 Å². The Hall–Kier alpha value is -2.79. The molecule has 5 heteroatoms. The van der Waals surface area contributed by atoms with E-state index in [-0.39, 0.29) is 6.54 Å². The van der Waals surface area contributed by atoms with Crippen LogP contribution in [0.5, 0.6) is 0 Å². The summed E-state index contributed by atoms with van der Waals surface area (Å²) in [6.07, 6.45) is 1.79. The molecule has 1 atom stereocenters. The van der Waals surface area contributed by atoms with Gasteiger partial charge in [-0.3, -0.25) is 0 Å².